The molecule has 0 amide bonds. The molecular weight excluding hydrogens is 370 g/mol. The maximum absolute atomic E-state index is 13.2. The Labute approximate surface area is 177 Å². The molecule has 0 saturated heterocycles. The number of rotatable bonds is 6. The third kappa shape index (κ3) is 4.02. The Balaban J connectivity index is 1.48. The first-order valence-corrected chi connectivity index (χ1v) is 10.5. The molecule has 1 aromatic heterocycles. The summed E-state index contributed by atoms with van der Waals surface area (Å²) in [5.41, 5.74) is 6.37. The fraction of sp³-hybridized carbons (Fsp3) is 0.222. The van der Waals surface area contributed by atoms with Crippen LogP contribution < -0.4 is 4.74 Å². The fourth-order valence-electron chi connectivity index (χ4n) is 3.98. The highest BCUT2D eigenvalue weighted by Crippen LogP contribution is 2.25. The van der Waals surface area contributed by atoms with Crippen molar-refractivity contribution in [1.29, 1.82) is 0 Å². The molecule has 1 heterocycles. The molecule has 0 aliphatic heterocycles. The van der Waals surface area contributed by atoms with Crippen LogP contribution in [0.2, 0.25) is 0 Å². The largest absolute Gasteiger partial charge is 0.493 e. The number of hydrogen-bond donors (Lipinski definition) is 0. The molecule has 0 saturated carbocycles. The summed E-state index contributed by atoms with van der Waals surface area (Å²) in [6.07, 6.45) is 1.81. The number of aromatic nitrogens is 1. The lowest BCUT2D eigenvalue weighted by atomic mass is 10.1. The molecular formula is C27H27NO2. The first kappa shape index (κ1) is 20.0. The van der Waals surface area contributed by atoms with Crippen LogP contribution in [0.1, 0.15) is 39.7 Å². The number of benzene rings is 3. The van der Waals surface area contributed by atoms with E-state index in [1.807, 2.05) is 47.9 Å². The van der Waals surface area contributed by atoms with Crippen LogP contribution in [0.5, 0.6) is 5.75 Å². The summed E-state index contributed by atoms with van der Waals surface area (Å²) in [7, 11) is 0. The summed E-state index contributed by atoms with van der Waals surface area (Å²) in [6, 6.07) is 24.2. The van der Waals surface area contributed by atoms with Crippen molar-refractivity contribution in [2.75, 3.05) is 6.61 Å². The van der Waals surface area contributed by atoms with Gasteiger partial charge in [-0.05, 0) is 67.8 Å². The molecule has 0 radical (unpaired) electrons. The minimum atomic E-state index is -0.0120. The average molecular weight is 398 g/mol. The van der Waals surface area contributed by atoms with Crippen molar-refractivity contribution in [2.24, 2.45) is 0 Å². The lowest BCUT2D eigenvalue weighted by Gasteiger charge is -2.10. The van der Waals surface area contributed by atoms with Crippen molar-refractivity contribution in [3.63, 3.8) is 0 Å². The Morgan fingerprint density at radius 1 is 0.933 bits per heavy atom. The van der Waals surface area contributed by atoms with Crippen molar-refractivity contribution in [2.45, 2.75) is 33.6 Å². The van der Waals surface area contributed by atoms with Gasteiger partial charge in [-0.1, -0.05) is 48.9 Å². The maximum atomic E-state index is 13.2. The van der Waals surface area contributed by atoms with Crippen LogP contribution in [0.15, 0.2) is 72.8 Å². The predicted molar refractivity (Wildman–Crippen MR) is 123 cm³/mol. The van der Waals surface area contributed by atoms with Gasteiger partial charge in [0.1, 0.15) is 5.75 Å². The van der Waals surface area contributed by atoms with E-state index in [9.17, 15) is 4.79 Å². The topological polar surface area (TPSA) is 31.2 Å². The molecule has 0 N–H and O–H groups in total. The summed E-state index contributed by atoms with van der Waals surface area (Å²) >= 11 is 0. The van der Waals surface area contributed by atoms with E-state index in [1.165, 1.54) is 16.7 Å². The van der Waals surface area contributed by atoms with Crippen LogP contribution in [0.3, 0.4) is 0 Å². The second-order valence-corrected chi connectivity index (χ2v) is 7.74. The predicted octanol–water partition coefficient (Wildman–Crippen LogP) is 6.13. The van der Waals surface area contributed by atoms with Gasteiger partial charge in [-0.25, -0.2) is 0 Å². The highest BCUT2D eigenvalue weighted by Gasteiger charge is 2.16. The van der Waals surface area contributed by atoms with E-state index in [2.05, 4.69) is 50.2 Å². The van der Waals surface area contributed by atoms with E-state index in [0.29, 0.717) is 12.2 Å². The molecule has 0 fully saturated rings. The summed E-state index contributed by atoms with van der Waals surface area (Å²) in [5.74, 6) is 0.767. The molecule has 30 heavy (non-hydrogen) atoms. The number of nitrogens with zero attached hydrogens (tertiary/aromatic N) is 1. The highest BCUT2D eigenvalue weighted by atomic mass is 16.5. The number of carbonyl (C=O) groups is 1. The molecule has 4 aromatic rings. The zero-order valence-electron chi connectivity index (χ0n) is 17.8. The normalized spacial score (nSPS) is 11.0. The van der Waals surface area contributed by atoms with Gasteiger partial charge in [-0.2, -0.15) is 0 Å². The van der Waals surface area contributed by atoms with Gasteiger partial charge in [-0.15, -0.1) is 0 Å². The van der Waals surface area contributed by atoms with Gasteiger partial charge in [0.25, 0.3) is 5.91 Å². The molecule has 0 bridgehead atoms. The third-order valence-electron chi connectivity index (χ3n) is 5.55. The smallest absolute Gasteiger partial charge is 0.262 e. The number of ether oxygens (including phenoxy) is 1. The minimum absolute atomic E-state index is 0.0120. The maximum Gasteiger partial charge on any atom is 0.262 e. The molecule has 3 nitrogen and oxygen atoms in total. The van der Waals surface area contributed by atoms with Crippen LogP contribution >= 0.6 is 0 Å². The third-order valence-corrected chi connectivity index (χ3v) is 5.55. The van der Waals surface area contributed by atoms with Crippen LogP contribution in [-0.4, -0.2) is 17.1 Å². The Hall–Kier alpha value is -3.33. The summed E-state index contributed by atoms with van der Waals surface area (Å²) in [6.45, 7) is 6.83. The molecule has 0 aliphatic rings. The minimum Gasteiger partial charge on any atom is -0.493 e. The van der Waals surface area contributed by atoms with Crippen molar-refractivity contribution >= 4 is 16.8 Å². The van der Waals surface area contributed by atoms with Gasteiger partial charge in [0, 0.05) is 23.1 Å². The summed E-state index contributed by atoms with van der Waals surface area (Å²) in [5, 5.41) is 1.15. The second-order valence-electron chi connectivity index (χ2n) is 7.74. The van der Waals surface area contributed by atoms with Crippen LogP contribution in [0.4, 0.5) is 0 Å². The SMILES string of the molecule is CCc1cccc2c1cc(C)n2C(=O)c1ccc(OCCc2cccc(C)c2)cc1. The second kappa shape index (κ2) is 8.58. The Kier molecular flexibility index (Phi) is 5.71. The van der Waals surface area contributed by atoms with Crippen molar-refractivity contribution in [1.82, 2.24) is 4.57 Å². The van der Waals surface area contributed by atoms with Crippen LogP contribution in [0.25, 0.3) is 10.9 Å². The Morgan fingerprint density at radius 3 is 2.43 bits per heavy atom. The lowest BCUT2D eigenvalue weighted by Crippen LogP contribution is -2.13. The van der Waals surface area contributed by atoms with E-state index in [1.54, 1.807) is 0 Å². The van der Waals surface area contributed by atoms with Gasteiger partial charge in [0.15, 0.2) is 0 Å². The Morgan fingerprint density at radius 2 is 1.70 bits per heavy atom. The number of aryl methyl sites for hydroxylation is 3. The lowest BCUT2D eigenvalue weighted by molar-refractivity contribution is 0.0963. The molecule has 0 spiro atoms. The summed E-state index contributed by atoms with van der Waals surface area (Å²) in [4.78, 5) is 13.2. The monoisotopic (exact) mass is 397 g/mol. The number of carbonyl (C=O) groups excluding carboxylic acids is 1. The fourth-order valence-corrected chi connectivity index (χ4v) is 3.98. The van der Waals surface area contributed by atoms with E-state index in [4.69, 9.17) is 4.74 Å². The van der Waals surface area contributed by atoms with Gasteiger partial charge in [0.05, 0.1) is 12.1 Å². The molecule has 152 valence electrons. The van der Waals surface area contributed by atoms with E-state index >= 15 is 0 Å². The molecule has 0 unspecified atom stereocenters. The first-order chi connectivity index (χ1) is 14.6. The molecule has 3 heteroatoms. The van der Waals surface area contributed by atoms with Gasteiger partial charge in [-0.3, -0.25) is 9.36 Å². The van der Waals surface area contributed by atoms with E-state index < -0.39 is 0 Å². The number of hydrogen-bond acceptors (Lipinski definition) is 2. The van der Waals surface area contributed by atoms with E-state index in [0.717, 1.165) is 35.2 Å². The first-order valence-electron chi connectivity index (χ1n) is 10.5. The highest BCUT2D eigenvalue weighted by molar-refractivity contribution is 6.03. The average Bonchev–Trinajstić information content (AvgIpc) is 3.09. The van der Waals surface area contributed by atoms with Crippen LogP contribution in [0, 0.1) is 13.8 Å². The van der Waals surface area contributed by atoms with Crippen molar-refractivity contribution < 1.29 is 9.53 Å². The zero-order chi connectivity index (χ0) is 21.1. The number of fused-ring (bicyclic) bond motifs is 1. The quantitative estimate of drug-likeness (QED) is 0.392. The molecule has 0 atom stereocenters. The molecule has 3 aromatic carbocycles. The molecule has 4 rings (SSSR count). The summed E-state index contributed by atoms with van der Waals surface area (Å²) < 4.78 is 7.69. The van der Waals surface area contributed by atoms with Gasteiger partial charge < -0.3 is 4.74 Å². The van der Waals surface area contributed by atoms with Crippen molar-refractivity contribution in [3.05, 3.63) is 101 Å². The zero-order valence-corrected chi connectivity index (χ0v) is 17.8. The van der Waals surface area contributed by atoms with E-state index in [-0.39, 0.29) is 5.91 Å². The van der Waals surface area contributed by atoms with Gasteiger partial charge in [0.2, 0.25) is 0 Å². The standard InChI is InChI=1S/C27H27NO2/c1-4-22-9-6-10-26-25(22)18-20(3)28(26)27(29)23-11-13-24(14-12-23)30-16-15-21-8-5-7-19(2)17-21/h5-14,17-18H,4,15-16H2,1-3H3. The Bertz CT molecular complexity index is 1190. The van der Waals surface area contributed by atoms with Crippen LogP contribution in [-0.2, 0) is 12.8 Å². The molecule has 0 aliphatic carbocycles. The van der Waals surface area contributed by atoms with Gasteiger partial charge >= 0.3 is 0 Å². The van der Waals surface area contributed by atoms with Crippen molar-refractivity contribution in [3.8, 4) is 5.75 Å².